The third-order valence-corrected chi connectivity index (χ3v) is 5.44. The van der Waals surface area contributed by atoms with Gasteiger partial charge in [0.1, 0.15) is 0 Å². The van der Waals surface area contributed by atoms with E-state index in [1.54, 1.807) is 0 Å². The van der Waals surface area contributed by atoms with Crippen LogP contribution in [0.1, 0.15) is 51.0 Å². The first kappa shape index (κ1) is 15.3. The van der Waals surface area contributed by atoms with Crippen LogP contribution in [0.3, 0.4) is 0 Å². The van der Waals surface area contributed by atoms with Gasteiger partial charge >= 0.3 is 0 Å². The maximum Gasteiger partial charge on any atom is 0.0551 e. The lowest BCUT2D eigenvalue weighted by Gasteiger charge is -2.30. The monoisotopic (exact) mass is 343 g/mol. The Morgan fingerprint density at radius 1 is 1.32 bits per heavy atom. The zero-order valence-corrected chi connectivity index (χ0v) is 13.9. The number of hydrogen-bond acceptors (Lipinski definition) is 1. The smallest absolute Gasteiger partial charge is 0.0551 e. The Morgan fingerprint density at radius 3 is 2.68 bits per heavy atom. The van der Waals surface area contributed by atoms with E-state index >= 15 is 0 Å². The molecule has 1 N–H and O–H groups in total. The van der Waals surface area contributed by atoms with Crippen LogP contribution >= 0.6 is 27.5 Å². The summed E-state index contributed by atoms with van der Waals surface area (Å²) in [5.74, 6) is 0.865. The van der Waals surface area contributed by atoms with Crippen molar-refractivity contribution < 1.29 is 0 Å². The highest BCUT2D eigenvalue weighted by Crippen LogP contribution is 2.28. The van der Waals surface area contributed by atoms with Gasteiger partial charge in [0.25, 0.3) is 0 Å². The van der Waals surface area contributed by atoms with Gasteiger partial charge in [-0.25, -0.2) is 0 Å². The minimum absolute atomic E-state index is 0.655. The number of benzene rings is 1. The number of rotatable bonds is 5. The van der Waals surface area contributed by atoms with Gasteiger partial charge < -0.3 is 5.32 Å². The molecule has 0 saturated heterocycles. The summed E-state index contributed by atoms with van der Waals surface area (Å²) in [5.41, 5.74) is 1.27. The van der Waals surface area contributed by atoms with Crippen molar-refractivity contribution in [2.24, 2.45) is 5.92 Å². The van der Waals surface area contributed by atoms with Crippen LogP contribution < -0.4 is 5.32 Å². The van der Waals surface area contributed by atoms with Gasteiger partial charge in [-0.3, -0.25) is 0 Å². The molecule has 0 amide bonds. The Hall–Kier alpha value is -0.0500. The van der Waals surface area contributed by atoms with Crippen molar-refractivity contribution in [3.8, 4) is 0 Å². The van der Waals surface area contributed by atoms with E-state index in [2.05, 4.69) is 34.2 Å². The van der Waals surface area contributed by atoms with E-state index < -0.39 is 0 Å². The number of halogens is 2. The molecule has 1 aromatic rings. The molecule has 1 aromatic carbocycles. The lowest BCUT2D eigenvalue weighted by Crippen LogP contribution is -2.36. The molecular weight excluding hydrogens is 322 g/mol. The van der Waals surface area contributed by atoms with Crippen molar-refractivity contribution >= 4 is 27.5 Å². The van der Waals surface area contributed by atoms with Gasteiger partial charge in [-0.05, 0) is 58.8 Å². The molecule has 0 aromatic heterocycles. The van der Waals surface area contributed by atoms with Crippen molar-refractivity contribution in [3.05, 3.63) is 33.3 Å². The van der Waals surface area contributed by atoms with Crippen LogP contribution in [0.4, 0.5) is 0 Å². The molecule has 1 unspecified atom stereocenters. The summed E-state index contributed by atoms with van der Waals surface area (Å²) < 4.78 is 0.970. The highest BCUT2D eigenvalue weighted by molar-refractivity contribution is 9.10. The molecule has 0 heterocycles. The lowest BCUT2D eigenvalue weighted by molar-refractivity contribution is 0.262. The molecule has 3 heteroatoms. The van der Waals surface area contributed by atoms with Gasteiger partial charge in [-0.1, -0.05) is 43.9 Å². The van der Waals surface area contributed by atoms with Gasteiger partial charge in [-0.2, -0.15) is 0 Å². The zero-order chi connectivity index (χ0) is 13.7. The minimum atomic E-state index is 0.655. The highest BCUT2D eigenvalue weighted by atomic mass is 79.9. The Labute approximate surface area is 130 Å². The molecule has 1 aliphatic rings. The molecular formula is C16H23BrClN. The third kappa shape index (κ3) is 4.47. The van der Waals surface area contributed by atoms with E-state index in [9.17, 15) is 0 Å². The maximum absolute atomic E-state index is 6.14. The van der Waals surface area contributed by atoms with Gasteiger partial charge in [0.2, 0.25) is 0 Å². The van der Waals surface area contributed by atoms with Crippen LogP contribution in [-0.2, 0) is 6.54 Å². The zero-order valence-electron chi connectivity index (χ0n) is 11.6. The molecule has 1 fully saturated rings. The summed E-state index contributed by atoms with van der Waals surface area (Å²) in [4.78, 5) is 0. The van der Waals surface area contributed by atoms with Crippen molar-refractivity contribution in [2.75, 3.05) is 0 Å². The molecule has 1 saturated carbocycles. The van der Waals surface area contributed by atoms with E-state index in [1.165, 1.54) is 44.1 Å². The van der Waals surface area contributed by atoms with Crippen LogP contribution in [0.15, 0.2) is 22.7 Å². The van der Waals surface area contributed by atoms with Crippen molar-refractivity contribution in [1.29, 1.82) is 0 Å². The predicted molar refractivity (Wildman–Crippen MR) is 86.6 cm³/mol. The summed E-state index contributed by atoms with van der Waals surface area (Å²) >= 11 is 9.57. The summed E-state index contributed by atoms with van der Waals surface area (Å²) in [7, 11) is 0. The van der Waals surface area contributed by atoms with Crippen LogP contribution in [-0.4, -0.2) is 6.04 Å². The van der Waals surface area contributed by atoms with E-state index in [1.807, 2.05) is 12.1 Å². The van der Waals surface area contributed by atoms with Crippen LogP contribution in [0.2, 0.25) is 5.02 Å². The van der Waals surface area contributed by atoms with Crippen molar-refractivity contribution in [3.63, 3.8) is 0 Å². The molecule has 2 rings (SSSR count). The Bertz CT molecular complexity index is 402. The average Bonchev–Trinajstić information content (AvgIpc) is 2.44. The topological polar surface area (TPSA) is 12.0 Å². The van der Waals surface area contributed by atoms with E-state index in [-0.39, 0.29) is 0 Å². The van der Waals surface area contributed by atoms with Crippen LogP contribution in [0.5, 0.6) is 0 Å². The fourth-order valence-electron chi connectivity index (χ4n) is 3.08. The highest BCUT2D eigenvalue weighted by Gasteiger charge is 2.21. The Balaban J connectivity index is 1.89. The lowest BCUT2D eigenvalue weighted by atomic mass is 9.83. The predicted octanol–water partition coefficient (Wildman–Crippen LogP) is 5.55. The summed E-state index contributed by atoms with van der Waals surface area (Å²) in [6.07, 6.45) is 8.25. The van der Waals surface area contributed by atoms with Crippen LogP contribution in [0, 0.1) is 5.92 Å². The second kappa shape index (κ2) is 7.66. The molecule has 1 atom stereocenters. The molecule has 1 aliphatic carbocycles. The maximum atomic E-state index is 6.14. The largest absolute Gasteiger partial charge is 0.310 e. The molecule has 0 aliphatic heterocycles. The SMILES string of the molecule is CCC(NCc1ccc(Br)c(Cl)c1)C1CCCCC1. The van der Waals surface area contributed by atoms with Crippen molar-refractivity contribution in [2.45, 2.75) is 58.0 Å². The molecule has 0 bridgehead atoms. The Kier molecular flexibility index (Phi) is 6.18. The number of hydrogen-bond donors (Lipinski definition) is 1. The molecule has 106 valence electrons. The normalized spacial score (nSPS) is 18.5. The molecule has 0 spiro atoms. The third-order valence-electron chi connectivity index (χ3n) is 4.21. The average molecular weight is 345 g/mol. The second-order valence-corrected chi connectivity index (χ2v) is 6.80. The first-order valence-corrected chi connectivity index (χ1v) is 8.55. The standard InChI is InChI=1S/C16H23BrClN/c1-2-16(13-6-4-3-5-7-13)19-11-12-8-9-14(17)15(18)10-12/h8-10,13,16,19H,2-7,11H2,1H3. The van der Waals surface area contributed by atoms with Gasteiger partial charge in [0.15, 0.2) is 0 Å². The summed E-state index contributed by atoms with van der Waals surface area (Å²) in [6, 6.07) is 6.87. The van der Waals surface area contributed by atoms with Crippen molar-refractivity contribution in [1.82, 2.24) is 5.32 Å². The molecule has 1 nitrogen and oxygen atoms in total. The van der Waals surface area contributed by atoms with Gasteiger partial charge in [-0.15, -0.1) is 0 Å². The fraction of sp³-hybridized carbons (Fsp3) is 0.625. The summed E-state index contributed by atoms with van der Waals surface area (Å²) in [5, 5.41) is 4.52. The molecule has 0 radical (unpaired) electrons. The minimum Gasteiger partial charge on any atom is -0.310 e. The first-order chi connectivity index (χ1) is 9.20. The first-order valence-electron chi connectivity index (χ1n) is 7.38. The summed E-state index contributed by atoms with van der Waals surface area (Å²) in [6.45, 7) is 3.21. The van der Waals surface area contributed by atoms with Crippen LogP contribution in [0.25, 0.3) is 0 Å². The van der Waals surface area contributed by atoms with E-state index in [0.717, 1.165) is 22.0 Å². The van der Waals surface area contributed by atoms with E-state index in [4.69, 9.17) is 11.6 Å². The fourth-order valence-corrected chi connectivity index (χ4v) is 3.53. The van der Waals surface area contributed by atoms with E-state index in [0.29, 0.717) is 6.04 Å². The Morgan fingerprint density at radius 2 is 2.05 bits per heavy atom. The molecule has 19 heavy (non-hydrogen) atoms. The van der Waals surface area contributed by atoms with Gasteiger partial charge in [0.05, 0.1) is 5.02 Å². The quantitative estimate of drug-likeness (QED) is 0.738. The van der Waals surface area contributed by atoms with Gasteiger partial charge in [0, 0.05) is 17.1 Å². The number of nitrogens with one attached hydrogen (secondary N) is 1. The second-order valence-electron chi connectivity index (χ2n) is 5.54.